The molecule has 2 unspecified atom stereocenters. The van der Waals surface area contributed by atoms with Crippen LogP contribution in [-0.2, 0) is 4.79 Å². The maximum absolute atomic E-state index is 12.7. The van der Waals surface area contributed by atoms with Crippen LogP contribution in [0.1, 0.15) is 31.4 Å². The van der Waals surface area contributed by atoms with E-state index in [1.165, 1.54) is 0 Å². The minimum Gasteiger partial charge on any atom is -0.338 e. The fourth-order valence-corrected chi connectivity index (χ4v) is 2.71. The minimum absolute atomic E-state index is 0.160. The average molecular weight is 246 g/mol. The van der Waals surface area contributed by atoms with Crippen LogP contribution in [0.2, 0.25) is 0 Å². The van der Waals surface area contributed by atoms with Crippen LogP contribution >= 0.6 is 0 Å². The normalized spacial score (nSPS) is 21.3. The van der Waals surface area contributed by atoms with Gasteiger partial charge in [0.25, 0.3) is 0 Å². The molecule has 0 saturated carbocycles. The monoisotopic (exact) mass is 246 g/mol. The van der Waals surface area contributed by atoms with E-state index >= 15 is 0 Å². The summed E-state index contributed by atoms with van der Waals surface area (Å²) in [4.78, 5) is 16.7. The van der Waals surface area contributed by atoms with E-state index in [0.717, 1.165) is 24.9 Å². The number of rotatable bonds is 3. The van der Waals surface area contributed by atoms with Gasteiger partial charge in [-0.2, -0.15) is 0 Å². The molecule has 1 aliphatic rings. The van der Waals surface area contributed by atoms with Gasteiger partial charge in [-0.1, -0.05) is 30.3 Å². The molecule has 0 N–H and O–H groups in total. The van der Waals surface area contributed by atoms with Gasteiger partial charge >= 0.3 is 0 Å². The van der Waals surface area contributed by atoms with Crippen LogP contribution in [0.5, 0.6) is 0 Å². The molecule has 1 heterocycles. The molecule has 3 heteroatoms. The Kier molecular flexibility index (Phi) is 4.02. The number of hydrogen-bond donors (Lipinski definition) is 0. The van der Waals surface area contributed by atoms with Gasteiger partial charge in [0.1, 0.15) is 6.04 Å². The zero-order chi connectivity index (χ0) is 13.1. The SMILES string of the molecule is CC1CCCN1C(=O)C(c1ccccc1)N(C)C. The molecule has 18 heavy (non-hydrogen) atoms. The van der Waals surface area contributed by atoms with Crippen LogP contribution in [0.15, 0.2) is 30.3 Å². The summed E-state index contributed by atoms with van der Waals surface area (Å²) in [6, 6.07) is 10.3. The van der Waals surface area contributed by atoms with Gasteiger partial charge in [-0.3, -0.25) is 9.69 Å². The van der Waals surface area contributed by atoms with Crippen molar-refractivity contribution >= 4 is 5.91 Å². The lowest BCUT2D eigenvalue weighted by Crippen LogP contribution is -2.42. The molecular weight excluding hydrogens is 224 g/mol. The number of amides is 1. The predicted octanol–water partition coefficient (Wildman–Crippen LogP) is 2.30. The Morgan fingerprint density at radius 1 is 1.33 bits per heavy atom. The second-order valence-electron chi connectivity index (χ2n) is 5.30. The summed E-state index contributed by atoms with van der Waals surface area (Å²) >= 11 is 0. The second kappa shape index (κ2) is 5.53. The first-order valence-electron chi connectivity index (χ1n) is 6.63. The van der Waals surface area contributed by atoms with Crippen molar-refractivity contribution in [2.45, 2.75) is 31.8 Å². The van der Waals surface area contributed by atoms with E-state index in [9.17, 15) is 4.79 Å². The van der Waals surface area contributed by atoms with E-state index in [-0.39, 0.29) is 11.9 Å². The lowest BCUT2D eigenvalue weighted by atomic mass is 10.0. The van der Waals surface area contributed by atoms with Crippen LogP contribution < -0.4 is 0 Å². The maximum Gasteiger partial charge on any atom is 0.244 e. The summed E-state index contributed by atoms with van der Waals surface area (Å²) in [7, 11) is 3.94. The molecule has 0 radical (unpaired) electrons. The highest BCUT2D eigenvalue weighted by molar-refractivity contribution is 5.83. The first-order valence-corrected chi connectivity index (χ1v) is 6.63. The Bertz CT molecular complexity index is 402. The molecule has 98 valence electrons. The fraction of sp³-hybridized carbons (Fsp3) is 0.533. The molecule has 0 aliphatic carbocycles. The summed E-state index contributed by atoms with van der Waals surface area (Å²) in [5.41, 5.74) is 1.08. The van der Waals surface area contributed by atoms with Crippen molar-refractivity contribution in [3.8, 4) is 0 Å². The maximum atomic E-state index is 12.7. The molecule has 1 aliphatic heterocycles. The van der Waals surface area contributed by atoms with Crippen LogP contribution in [0.4, 0.5) is 0 Å². The molecule has 0 bridgehead atoms. The molecule has 1 aromatic carbocycles. The number of nitrogens with zero attached hydrogens (tertiary/aromatic N) is 2. The molecule has 2 atom stereocenters. The van der Waals surface area contributed by atoms with E-state index in [1.807, 2.05) is 54.2 Å². The van der Waals surface area contributed by atoms with E-state index in [1.54, 1.807) is 0 Å². The van der Waals surface area contributed by atoms with Crippen LogP contribution in [0.3, 0.4) is 0 Å². The van der Waals surface area contributed by atoms with Crippen LogP contribution in [0, 0.1) is 0 Å². The Hall–Kier alpha value is -1.35. The van der Waals surface area contributed by atoms with Crippen LogP contribution in [-0.4, -0.2) is 42.4 Å². The standard InChI is InChI=1S/C15H22N2O/c1-12-8-7-11-17(12)15(18)14(16(2)3)13-9-5-4-6-10-13/h4-6,9-10,12,14H,7-8,11H2,1-3H3. The van der Waals surface area contributed by atoms with Crippen molar-refractivity contribution in [1.29, 1.82) is 0 Å². The van der Waals surface area contributed by atoms with E-state index in [2.05, 4.69) is 6.92 Å². The quantitative estimate of drug-likeness (QED) is 0.817. The topological polar surface area (TPSA) is 23.6 Å². The van der Waals surface area contributed by atoms with Crippen LogP contribution in [0.25, 0.3) is 0 Å². The van der Waals surface area contributed by atoms with E-state index in [4.69, 9.17) is 0 Å². The number of benzene rings is 1. The average Bonchev–Trinajstić information content (AvgIpc) is 2.76. The predicted molar refractivity (Wildman–Crippen MR) is 73.3 cm³/mol. The summed E-state index contributed by atoms with van der Waals surface area (Å²) in [5.74, 6) is 0.233. The van der Waals surface area contributed by atoms with Gasteiger partial charge in [0.2, 0.25) is 5.91 Å². The molecule has 3 nitrogen and oxygen atoms in total. The Morgan fingerprint density at radius 3 is 2.50 bits per heavy atom. The summed E-state index contributed by atoms with van der Waals surface area (Å²) in [6.07, 6.45) is 2.25. The zero-order valence-corrected chi connectivity index (χ0v) is 11.5. The number of likely N-dealkylation sites (tertiary alicyclic amines) is 1. The molecule has 0 spiro atoms. The molecule has 0 aromatic heterocycles. The van der Waals surface area contributed by atoms with Crippen molar-refractivity contribution in [3.63, 3.8) is 0 Å². The fourth-order valence-electron chi connectivity index (χ4n) is 2.71. The molecular formula is C15H22N2O. The number of carbonyl (C=O) groups excluding carboxylic acids is 1. The van der Waals surface area contributed by atoms with Crippen molar-refractivity contribution in [1.82, 2.24) is 9.80 Å². The van der Waals surface area contributed by atoms with Gasteiger partial charge in [0.05, 0.1) is 0 Å². The van der Waals surface area contributed by atoms with Crippen molar-refractivity contribution in [2.75, 3.05) is 20.6 Å². The van der Waals surface area contributed by atoms with Gasteiger partial charge < -0.3 is 4.90 Å². The lowest BCUT2D eigenvalue weighted by Gasteiger charge is -2.30. The Labute approximate surface area is 109 Å². The number of hydrogen-bond acceptors (Lipinski definition) is 2. The third-order valence-electron chi connectivity index (χ3n) is 3.70. The second-order valence-corrected chi connectivity index (χ2v) is 5.30. The molecule has 2 rings (SSSR count). The summed E-state index contributed by atoms with van der Waals surface area (Å²) in [5, 5.41) is 0. The van der Waals surface area contributed by atoms with Gasteiger partial charge in [-0.05, 0) is 39.4 Å². The number of likely N-dealkylation sites (N-methyl/N-ethyl adjacent to an activating group) is 1. The van der Waals surface area contributed by atoms with Gasteiger partial charge in [-0.25, -0.2) is 0 Å². The third kappa shape index (κ3) is 2.56. The summed E-state index contributed by atoms with van der Waals surface area (Å²) < 4.78 is 0. The van der Waals surface area contributed by atoms with E-state index < -0.39 is 0 Å². The zero-order valence-electron chi connectivity index (χ0n) is 11.5. The number of carbonyl (C=O) groups is 1. The summed E-state index contributed by atoms with van der Waals surface area (Å²) in [6.45, 7) is 3.04. The Morgan fingerprint density at radius 2 is 2.00 bits per heavy atom. The molecule has 1 amide bonds. The molecule has 1 aromatic rings. The highest BCUT2D eigenvalue weighted by atomic mass is 16.2. The molecule has 1 saturated heterocycles. The smallest absolute Gasteiger partial charge is 0.244 e. The van der Waals surface area contributed by atoms with Gasteiger partial charge in [0, 0.05) is 12.6 Å². The van der Waals surface area contributed by atoms with Crippen molar-refractivity contribution in [2.24, 2.45) is 0 Å². The third-order valence-corrected chi connectivity index (χ3v) is 3.70. The van der Waals surface area contributed by atoms with Crippen molar-refractivity contribution < 1.29 is 4.79 Å². The van der Waals surface area contributed by atoms with Gasteiger partial charge in [0.15, 0.2) is 0 Å². The Balaban J connectivity index is 2.23. The lowest BCUT2D eigenvalue weighted by molar-refractivity contribution is -0.136. The van der Waals surface area contributed by atoms with Crippen molar-refractivity contribution in [3.05, 3.63) is 35.9 Å². The molecule has 1 fully saturated rings. The highest BCUT2D eigenvalue weighted by Gasteiger charge is 2.32. The van der Waals surface area contributed by atoms with Gasteiger partial charge in [-0.15, -0.1) is 0 Å². The highest BCUT2D eigenvalue weighted by Crippen LogP contribution is 2.25. The first kappa shape index (κ1) is 13.1. The largest absolute Gasteiger partial charge is 0.338 e. The van der Waals surface area contributed by atoms with E-state index in [0.29, 0.717) is 6.04 Å². The first-order chi connectivity index (χ1) is 8.61. The minimum atomic E-state index is -0.160.